The predicted octanol–water partition coefficient (Wildman–Crippen LogP) is 4.40. The summed E-state index contributed by atoms with van der Waals surface area (Å²) in [6.45, 7) is 0.526. The molecule has 3 aromatic rings. The molecule has 3 aromatic heterocycles. The summed E-state index contributed by atoms with van der Waals surface area (Å²) in [7, 11) is 1.31. The van der Waals surface area contributed by atoms with E-state index in [2.05, 4.69) is 15.1 Å². The minimum Gasteiger partial charge on any atom is -0.465 e. The molecule has 0 aliphatic heterocycles. The van der Waals surface area contributed by atoms with Crippen LogP contribution in [0.25, 0.3) is 22.3 Å². The van der Waals surface area contributed by atoms with Crippen LogP contribution >= 0.6 is 0 Å². The number of pyridine rings is 2. The third kappa shape index (κ3) is 4.85. The van der Waals surface area contributed by atoms with Gasteiger partial charge in [0.05, 0.1) is 42.0 Å². The third-order valence-corrected chi connectivity index (χ3v) is 4.30. The first-order chi connectivity index (χ1) is 13.4. The van der Waals surface area contributed by atoms with Crippen molar-refractivity contribution in [2.24, 2.45) is 0 Å². The Balaban J connectivity index is 1.70. The monoisotopic (exact) mass is 392 g/mol. The van der Waals surface area contributed by atoms with Gasteiger partial charge in [0.1, 0.15) is 0 Å². The van der Waals surface area contributed by atoms with Crippen LogP contribution in [-0.2, 0) is 11.3 Å². The Bertz CT molecular complexity index is 969. The van der Waals surface area contributed by atoms with Crippen molar-refractivity contribution in [3.8, 4) is 11.4 Å². The van der Waals surface area contributed by atoms with E-state index >= 15 is 0 Å². The topological polar surface area (TPSA) is 69.9 Å². The molecular weight excluding hydrogens is 373 g/mol. The minimum atomic E-state index is -4.10. The maximum absolute atomic E-state index is 12.2. The zero-order valence-corrected chi connectivity index (χ0v) is 15.2. The molecule has 0 N–H and O–H groups in total. The summed E-state index contributed by atoms with van der Waals surface area (Å²) in [5.41, 5.74) is 2.29. The zero-order valence-electron chi connectivity index (χ0n) is 15.2. The largest absolute Gasteiger partial charge is 0.465 e. The van der Waals surface area contributed by atoms with E-state index in [1.54, 1.807) is 29.2 Å². The molecule has 0 radical (unpaired) electrons. The van der Waals surface area contributed by atoms with Gasteiger partial charge in [0.25, 0.3) is 0 Å². The first kappa shape index (κ1) is 19.8. The molecule has 148 valence electrons. The van der Waals surface area contributed by atoms with Gasteiger partial charge in [0, 0.05) is 24.5 Å². The summed E-state index contributed by atoms with van der Waals surface area (Å²) >= 11 is 0. The Labute approximate surface area is 159 Å². The molecule has 0 saturated heterocycles. The Hall–Kier alpha value is -2.97. The number of unbranched alkanes of at least 4 members (excludes halogenated alkanes) is 2. The molecule has 0 amide bonds. The normalized spacial score (nSPS) is 11.7. The molecule has 3 rings (SSSR count). The number of aryl methyl sites for hydroxylation is 1. The molecule has 28 heavy (non-hydrogen) atoms. The Morgan fingerprint density at radius 2 is 1.89 bits per heavy atom. The predicted molar refractivity (Wildman–Crippen MR) is 96.6 cm³/mol. The van der Waals surface area contributed by atoms with Gasteiger partial charge in [-0.2, -0.15) is 18.3 Å². The third-order valence-electron chi connectivity index (χ3n) is 4.30. The zero-order chi connectivity index (χ0) is 20.1. The number of rotatable bonds is 7. The van der Waals surface area contributed by atoms with Crippen molar-refractivity contribution in [3.63, 3.8) is 0 Å². The Kier molecular flexibility index (Phi) is 5.91. The molecule has 0 aromatic carbocycles. The summed E-state index contributed by atoms with van der Waals surface area (Å²) in [5.74, 6) is -0.455. The van der Waals surface area contributed by atoms with Crippen LogP contribution in [0, 0.1) is 0 Å². The van der Waals surface area contributed by atoms with Gasteiger partial charge in [-0.3, -0.25) is 14.6 Å². The molecule has 6 nitrogen and oxygen atoms in total. The highest BCUT2D eigenvalue weighted by atomic mass is 19.4. The Morgan fingerprint density at radius 3 is 2.64 bits per heavy atom. The number of methoxy groups -OCH3 is 1. The smallest absolute Gasteiger partial charge is 0.389 e. The van der Waals surface area contributed by atoms with Crippen molar-refractivity contribution in [3.05, 3.63) is 42.4 Å². The van der Waals surface area contributed by atoms with E-state index < -0.39 is 18.6 Å². The summed E-state index contributed by atoms with van der Waals surface area (Å²) < 4.78 is 43.0. The summed E-state index contributed by atoms with van der Waals surface area (Å²) in [6, 6.07) is 4.97. The number of aromatic nitrogens is 4. The van der Waals surface area contributed by atoms with Gasteiger partial charge in [-0.05, 0) is 31.0 Å². The molecular formula is C19H19F3N4O2. The van der Waals surface area contributed by atoms with Crippen molar-refractivity contribution in [2.75, 3.05) is 7.11 Å². The van der Waals surface area contributed by atoms with Crippen LogP contribution in [0.2, 0.25) is 0 Å². The lowest BCUT2D eigenvalue weighted by atomic mass is 10.1. The fourth-order valence-corrected chi connectivity index (χ4v) is 2.87. The number of halogens is 3. The number of hydrogen-bond acceptors (Lipinski definition) is 5. The molecule has 0 fully saturated rings. The lowest BCUT2D eigenvalue weighted by molar-refractivity contribution is -0.135. The lowest BCUT2D eigenvalue weighted by Gasteiger charge is -2.07. The van der Waals surface area contributed by atoms with Gasteiger partial charge >= 0.3 is 12.1 Å². The number of hydrogen-bond donors (Lipinski definition) is 0. The van der Waals surface area contributed by atoms with Crippen LogP contribution in [0.5, 0.6) is 0 Å². The lowest BCUT2D eigenvalue weighted by Crippen LogP contribution is -2.07. The number of nitrogens with zero attached hydrogens (tertiary/aromatic N) is 4. The van der Waals surface area contributed by atoms with Gasteiger partial charge in [-0.1, -0.05) is 6.42 Å². The summed E-state index contributed by atoms with van der Waals surface area (Å²) in [5, 5.41) is 5.13. The van der Waals surface area contributed by atoms with Gasteiger partial charge in [0.15, 0.2) is 0 Å². The van der Waals surface area contributed by atoms with Gasteiger partial charge in [-0.15, -0.1) is 0 Å². The van der Waals surface area contributed by atoms with Crippen LogP contribution in [0.15, 0.2) is 36.8 Å². The molecule has 9 heteroatoms. The summed E-state index contributed by atoms with van der Waals surface area (Å²) in [4.78, 5) is 20.3. The molecule has 0 aliphatic carbocycles. The van der Waals surface area contributed by atoms with Crippen LogP contribution in [0.4, 0.5) is 13.2 Å². The number of esters is 1. The average Bonchev–Trinajstić information content (AvgIpc) is 3.08. The van der Waals surface area contributed by atoms with Crippen molar-refractivity contribution >= 4 is 16.9 Å². The van der Waals surface area contributed by atoms with Gasteiger partial charge in [-0.25, -0.2) is 4.79 Å². The van der Waals surface area contributed by atoms with Crippen molar-refractivity contribution in [1.82, 2.24) is 19.7 Å². The average molecular weight is 392 g/mol. The summed E-state index contributed by atoms with van der Waals surface area (Å²) in [6.07, 6.45) is 1.20. The van der Waals surface area contributed by atoms with Crippen molar-refractivity contribution in [2.45, 2.75) is 38.4 Å². The minimum absolute atomic E-state index is 0.118. The van der Waals surface area contributed by atoms with E-state index in [0.717, 1.165) is 10.9 Å². The SMILES string of the molecule is COC(=O)c1ccnc(-c2cc3cnn(CCCCCC(F)(F)F)c3cn2)c1. The van der Waals surface area contributed by atoms with E-state index in [-0.39, 0.29) is 6.42 Å². The second-order valence-corrected chi connectivity index (χ2v) is 6.34. The maximum Gasteiger partial charge on any atom is 0.389 e. The molecule has 0 atom stereocenters. The van der Waals surface area contributed by atoms with E-state index in [1.165, 1.54) is 13.3 Å². The number of carbonyl (C=O) groups is 1. The molecule has 0 unspecified atom stereocenters. The van der Waals surface area contributed by atoms with Crippen molar-refractivity contribution < 1.29 is 22.7 Å². The fraction of sp³-hybridized carbons (Fsp3) is 0.368. The van der Waals surface area contributed by atoms with E-state index in [9.17, 15) is 18.0 Å². The van der Waals surface area contributed by atoms with Crippen molar-refractivity contribution in [1.29, 1.82) is 0 Å². The number of fused-ring (bicyclic) bond motifs is 1. The highest BCUT2D eigenvalue weighted by molar-refractivity contribution is 5.90. The van der Waals surface area contributed by atoms with Crippen LogP contribution < -0.4 is 0 Å². The van der Waals surface area contributed by atoms with E-state index in [4.69, 9.17) is 4.74 Å². The van der Waals surface area contributed by atoms with Gasteiger partial charge in [0.2, 0.25) is 0 Å². The van der Waals surface area contributed by atoms with Crippen LogP contribution in [0.3, 0.4) is 0 Å². The number of ether oxygens (including phenoxy) is 1. The molecule has 0 saturated carbocycles. The van der Waals surface area contributed by atoms with Gasteiger partial charge < -0.3 is 4.74 Å². The second kappa shape index (κ2) is 8.37. The quantitative estimate of drug-likeness (QED) is 0.440. The standard InChI is InChI=1S/C19H19F3N4O2/c1-28-18(27)13-5-7-23-15(9-13)16-10-14-11-25-26(17(14)12-24-16)8-4-2-3-6-19(20,21)22/h5,7,9-12H,2-4,6,8H2,1H3. The highest BCUT2D eigenvalue weighted by Crippen LogP contribution is 2.24. The van der Waals surface area contributed by atoms with Crippen LogP contribution in [0.1, 0.15) is 36.0 Å². The first-order valence-corrected chi connectivity index (χ1v) is 8.80. The Morgan fingerprint density at radius 1 is 1.11 bits per heavy atom. The second-order valence-electron chi connectivity index (χ2n) is 6.34. The molecule has 0 aliphatic rings. The first-order valence-electron chi connectivity index (χ1n) is 8.80. The number of alkyl halides is 3. The van der Waals surface area contributed by atoms with E-state index in [0.29, 0.717) is 36.3 Å². The molecule has 3 heterocycles. The highest BCUT2D eigenvalue weighted by Gasteiger charge is 2.25. The van der Waals surface area contributed by atoms with E-state index in [1.807, 2.05) is 6.07 Å². The fourth-order valence-electron chi connectivity index (χ4n) is 2.87. The van der Waals surface area contributed by atoms with Crippen LogP contribution in [-0.4, -0.2) is 39.0 Å². The number of carbonyl (C=O) groups excluding carboxylic acids is 1. The maximum atomic E-state index is 12.2. The molecule has 0 bridgehead atoms. The molecule has 0 spiro atoms.